The number of benzene rings is 9. The molecule has 0 atom stereocenters. The molecule has 1 spiro atoms. The summed E-state index contributed by atoms with van der Waals surface area (Å²) in [5.74, 6) is 0.976. The lowest BCUT2D eigenvalue weighted by molar-refractivity contribution is 0.803. The highest BCUT2D eigenvalue weighted by molar-refractivity contribution is 6.24. The summed E-state index contributed by atoms with van der Waals surface area (Å²) in [7, 11) is 2.12. The van der Waals surface area contributed by atoms with E-state index in [-0.39, 0.29) is 0 Å². The van der Waals surface area contributed by atoms with Gasteiger partial charge in [-0.3, -0.25) is 0 Å². The van der Waals surface area contributed by atoms with E-state index < -0.39 is 5.41 Å². The summed E-state index contributed by atoms with van der Waals surface area (Å²) in [6.07, 6.45) is 0. The molecule has 0 N–H and O–H groups in total. The third-order valence-corrected chi connectivity index (χ3v) is 12.2. The Hall–Kier alpha value is -6.77. The maximum atomic E-state index is 5.22. The van der Waals surface area contributed by atoms with Crippen LogP contribution in [0.15, 0.2) is 176 Å². The van der Waals surface area contributed by atoms with Crippen LogP contribution in [0.4, 0.5) is 0 Å². The largest absolute Gasteiger partial charge is 0.327 e. The van der Waals surface area contributed by atoms with Crippen LogP contribution < -0.4 is 0 Å². The molecule has 0 unspecified atom stereocenters. The Balaban J connectivity index is 1.26. The van der Waals surface area contributed by atoms with Gasteiger partial charge in [0.05, 0.1) is 16.4 Å². The van der Waals surface area contributed by atoms with Gasteiger partial charge in [-0.05, 0) is 106 Å². The predicted molar refractivity (Wildman–Crippen MR) is 220 cm³/mol. The first-order chi connectivity index (χ1) is 26.2. The summed E-state index contributed by atoms with van der Waals surface area (Å²) in [5.41, 5.74) is 15.9. The van der Waals surface area contributed by atoms with Crippen molar-refractivity contribution in [1.82, 2.24) is 9.55 Å². The summed E-state index contributed by atoms with van der Waals surface area (Å²) in [6, 6.07) is 65.4. The zero-order chi connectivity index (χ0) is 34.8. The van der Waals surface area contributed by atoms with Crippen molar-refractivity contribution in [2.45, 2.75) is 5.41 Å². The van der Waals surface area contributed by atoms with Crippen LogP contribution in [0.2, 0.25) is 0 Å². The monoisotopic (exact) mass is 672 g/mol. The van der Waals surface area contributed by atoms with Gasteiger partial charge in [0.15, 0.2) is 0 Å². The van der Waals surface area contributed by atoms with E-state index in [1.54, 1.807) is 0 Å². The Morgan fingerprint density at radius 3 is 1.66 bits per heavy atom. The zero-order valence-electron chi connectivity index (χ0n) is 29.1. The molecule has 0 fully saturated rings. The lowest BCUT2D eigenvalue weighted by atomic mass is 9.68. The van der Waals surface area contributed by atoms with E-state index in [0.29, 0.717) is 0 Å². The van der Waals surface area contributed by atoms with Crippen molar-refractivity contribution in [3.63, 3.8) is 0 Å². The number of hydrogen-bond acceptors (Lipinski definition) is 1. The minimum atomic E-state index is -0.504. The molecule has 2 nitrogen and oxygen atoms in total. The zero-order valence-corrected chi connectivity index (χ0v) is 29.1. The second kappa shape index (κ2) is 10.4. The van der Waals surface area contributed by atoms with E-state index in [0.717, 1.165) is 22.4 Å². The fourth-order valence-corrected chi connectivity index (χ4v) is 10.1. The standard InChI is InChI=1S/C51H32N2/c1-53-46-28-27-32(29-45(46)52-50(53)31-15-3-2-4-16-31)41-30-44-47(38-22-8-6-19-35(38)41)48-39-23-9-5-17-33(39)34-18-7-10-24-40(34)49(48)51(44)42-25-13-11-20-36(42)37-21-12-14-26-43(37)51/h2-30H,1H3. The number of fused-ring (bicyclic) bond motifs is 18. The maximum Gasteiger partial charge on any atom is 0.140 e. The highest BCUT2D eigenvalue weighted by Gasteiger charge is 2.53. The van der Waals surface area contributed by atoms with Crippen molar-refractivity contribution in [3.05, 3.63) is 198 Å². The molecular weight excluding hydrogens is 641 g/mol. The minimum absolute atomic E-state index is 0.504. The SMILES string of the molecule is Cn1c(-c2ccccc2)nc2cc(-c3cc4c(c5ccccc35)-c3c(c5ccccc5c5ccccc35)C43c4ccccc4-c4ccccc43)ccc21. The summed E-state index contributed by atoms with van der Waals surface area (Å²) in [6.45, 7) is 0. The predicted octanol–water partition coefficient (Wildman–Crippen LogP) is 12.7. The van der Waals surface area contributed by atoms with Gasteiger partial charge in [0.25, 0.3) is 0 Å². The van der Waals surface area contributed by atoms with Crippen LogP contribution in [0.5, 0.6) is 0 Å². The van der Waals surface area contributed by atoms with Crippen molar-refractivity contribution in [2.75, 3.05) is 0 Å². The van der Waals surface area contributed by atoms with Crippen LogP contribution in [-0.4, -0.2) is 9.55 Å². The molecule has 0 saturated heterocycles. The van der Waals surface area contributed by atoms with Crippen LogP contribution >= 0.6 is 0 Å². The molecule has 9 aromatic carbocycles. The fraction of sp³-hybridized carbons (Fsp3) is 0.0392. The van der Waals surface area contributed by atoms with Gasteiger partial charge >= 0.3 is 0 Å². The van der Waals surface area contributed by atoms with Crippen molar-refractivity contribution in [3.8, 4) is 44.8 Å². The van der Waals surface area contributed by atoms with Gasteiger partial charge in [-0.25, -0.2) is 4.98 Å². The van der Waals surface area contributed by atoms with E-state index >= 15 is 0 Å². The van der Waals surface area contributed by atoms with E-state index in [4.69, 9.17) is 4.98 Å². The first-order valence-electron chi connectivity index (χ1n) is 18.5. The van der Waals surface area contributed by atoms with E-state index in [1.807, 2.05) is 0 Å². The first kappa shape index (κ1) is 28.9. The van der Waals surface area contributed by atoms with Gasteiger partial charge < -0.3 is 4.57 Å². The highest BCUT2D eigenvalue weighted by Crippen LogP contribution is 2.67. The summed E-state index contributed by atoms with van der Waals surface area (Å²) >= 11 is 0. The molecule has 0 amide bonds. The Morgan fingerprint density at radius 1 is 0.415 bits per heavy atom. The van der Waals surface area contributed by atoms with Gasteiger partial charge in [0, 0.05) is 12.6 Å². The molecule has 0 aliphatic heterocycles. The van der Waals surface area contributed by atoms with E-state index in [9.17, 15) is 0 Å². The van der Waals surface area contributed by atoms with Gasteiger partial charge in [0.1, 0.15) is 5.82 Å². The third-order valence-electron chi connectivity index (χ3n) is 12.2. The third kappa shape index (κ3) is 3.60. The Bertz CT molecular complexity index is 3140. The van der Waals surface area contributed by atoms with Crippen LogP contribution in [0, 0.1) is 0 Å². The molecule has 2 aliphatic rings. The normalized spacial score (nSPS) is 13.5. The van der Waals surface area contributed by atoms with Gasteiger partial charge in [-0.1, -0.05) is 158 Å². The summed E-state index contributed by atoms with van der Waals surface area (Å²) in [5, 5.41) is 7.76. The number of nitrogens with zero attached hydrogens (tertiary/aromatic N) is 2. The van der Waals surface area contributed by atoms with E-state index in [1.165, 1.54) is 88.0 Å². The molecule has 0 radical (unpaired) electrons. The van der Waals surface area contributed by atoms with Gasteiger partial charge in [-0.15, -0.1) is 0 Å². The summed E-state index contributed by atoms with van der Waals surface area (Å²) < 4.78 is 2.21. The molecule has 2 aliphatic carbocycles. The first-order valence-corrected chi connectivity index (χ1v) is 18.5. The lowest BCUT2D eigenvalue weighted by Crippen LogP contribution is -2.26. The van der Waals surface area contributed by atoms with Gasteiger partial charge in [-0.2, -0.15) is 0 Å². The molecule has 0 bridgehead atoms. The number of hydrogen-bond donors (Lipinski definition) is 0. The molecule has 53 heavy (non-hydrogen) atoms. The van der Waals surface area contributed by atoms with Crippen LogP contribution in [-0.2, 0) is 12.5 Å². The quantitative estimate of drug-likeness (QED) is 0.167. The number of aromatic nitrogens is 2. The molecular formula is C51H32N2. The molecule has 10 aromatic rings. The fourth-order valence-electron chi connectivity index (χ4n) is 10.1. The Morgan fingerprint density at radius 2 is 0.962 bits per heavy atom. The van der Waals surface area contributed by atoms with Gasteiger partial charge in [0.2, 0.25) is 0 Å². The molecule has 1 heterocycles. The number of rotatable bonds is 2. The average molecular weight is 673 g/mol. The maximum absolute atomic E-state index is 5.22. The smallest absolute Gasteiger partial charge is 0.140 e. The molecule has 0 saturated carbocycles. The molecule has 246 valence electrons. The van der Waals surface area contributed by atoms with E-state index in [2.05, 4.69) is 188 Å². The van der Waals surface area contributed by atoms with Crippen LogP contribution in [0.1, 0.15) is 22.3 Å². The minimum Gasteiger partial charge on any atom is -0.327 e. The average Bonchev–Trinajstić information content (AvgIpc) is 3.84. The molecule has 2 heteroatoms. The Labute approximate surface area is 307 Å². The van der Waals surface area contributed by atoms with Crippen molar-refractivity contribution < 1.29 is 0 Å². The lowest BCUT2D eigenvalue weighted by Gasteiger charge is -2.32. The number of aryl methyl sites for hydroxylation is 1. The Kier molecular flexibility index (Phi) is 5.67. The summed E-state index contributed by atoms with van der Waals surface area (Å²) in [4.78, 5) is 5.22. The van der Waals surface area contributed by atoms with Crippen molar-refractivity contribution in [2.24, 2.45) is 7.05 Å². The topological polar surface area (TPSA) is 17.8 Å². The molecule has 1 aromatic heterocycles. The van der Waals surface area contributed by atoms with Crippen molar-refractivity contribution in [1.29, 1.82) is 0 Å². The second-order valence-electron chi connectivity index (χ2n) is 14.6. The second-order valence-corrected chi connectivity index (χ2v) is 14.6. The highest BCUT2D eigenvalue weighted by atomic mass is 15.1. The number of imidazole rings is 1. The van der Waals surface area contributed by atoms with Crippen molar-refractivity contribution >= 4 is 43.4 Å². The van der Waals surface area contributed by atoms with Crippen LogP contribution in [0.25, 0.3) is 88.1 Å². The molecule has 12 rings (SSSR count). The van der Waals surface area contributed by atoms with Crippen LogP contribution in [0.3, 0.4) is 0 Å².